The number of ether oxygens (including phenoxy) is 1. The molecule has 2 aliphatic carbocycles. The fourth-order valence-electron chi connectivity index (χ4n) is 6.14. The minimum Gasteiger partial charge on any atom is -0.423 e. The van der Waals surface area contributed by atoms with E-state index in [-0.39, 0.29) is 81.1 Å². The van der Waals surface area contributed by atoms with Crippen LogP contribution >= 0.6 is 11.6 Å². The third-order valence-electron chi connectivity index (χ3n) is 8.76. The molecule has 0 unspecified atom stereocenters. The van der Waals surface area contributed by atoms with Crippen LogP contribution in [0.15, 0.2) is 30.6 Å². The van der Waals surface area contributed by atoms with Crippen molar-refractivity contribution in [3.05, 3.63) is 58.5 Å². The molecule has 10 nitrogen and oxygen atoms in total. The zero-order valence-electron chi connectivity index (χ0n) is 25.0. The van der Waals surface area contributed by atoms with Crippen molar-refractivity contribution < 1.29 is 36.3 Å². The van der Waals surface area contributed by atoms with E-state index in [9.17, 15) is 22.8 Å². The Hall–Kier alpha value is -4.40. The number of rotatable bonds is 8. The predicted molar refractivity (Wildman–Crippen MR) is 159 cm³/mol. The van der Waals surface area contributed by atoms with E-state index in [1.54, 1.807) is 13.8 Å². The summed E-state index contributed by atoms with van der Waals surface area (Å²) < 4.78 is 79.9. The Morgan fingerprint density at radius 3 is 2.40 bits per heavy atom. The number of amides is 2. The van der Waals surface area contributed by atoms with E-state index >= 15 is 8.78 Å². The van der Waals surface area contributed by atoms with Crippen LogP contribution in [0.5, 0.6) is 5.75 Å². The zero-order chi connectivity index (χ0) is 33.6. The summed E-state index contributed by atoms with van der Waals surface area (Å²) in [5.74, 6) is -3.16. The van der Waals surface area contributed by atoms with Crippen LogP contribution < -0.4 is 15.4 Å². The SMILES string of the molecule is CC(C)c1nc2c(-c3ccc4c(c3)OC(F)(F)C(=O)N4Cc3ncc(Cl)cn3)c(C(N)=O)c(CC3CC3)nc2n1C1(C(F)(F)F)CC1. The Labute approximate surface area is 269 Å². The third-order valence-corrected chi connectivity index (χ3v) is 8.96. The van der Waals surface area contributed by atoms with E-state index < -0.39 is 47.9 Å². The highest BCUT2D eigenvalue weighted by atomic mass is 35.5. The van der Waals surface area contributed by atoms with Crippen LogP contribution in [0.25, 0.3) is 22.3 Å². The molecule has 0 atom stereocenters. The van der Waals surface area contributed by atoms with Crippen molar-refractivity contribution in [3.63, 3.8) is 0 Å². The Kier molecular flexibility index (Phi) is 7.01. The molecule has 7 rings (SSSR count). The average Bonchev–Trinajstić information content (AvgIpc) is 3.93. The quantitative estimate of drug-likeness (QED) is 0.218. The maximum atomic E-state index is 15.0. The molecule has 0 bridgehead atoms. The van der Waals surface area contributed by atoms with Crippen LogP contribution in [0, 0.1) is 5.92 Å². The van der Waals surface area contributed by atoms with Gasteiger partial charge in [-0.3, -0.25) is 19.1 Å². The normalized spacial score (nSPS) is 18.4. The summed E-state index contributed by atoms with van der Waals surface area (Å²) in [6.07, 6.45) is -4.75. The smallest absolute Gasteiger partial charge is 0.423 e. The highest BCUT2D eigenvalue weighted by molar-refractivity contribution is 6.30. The molecular formula is C31H27ClF5N7O3. The van der Waals surface area contributed by atoms with Crippen LogP contribution in [-0.4, -0.2) is 48.6 Å². The number of nitrogens with zero attached hydrogens (tertiary/aromatic N) is 6. The number of pyridine rings is 1. The number of imidazole rings is 1. The molecule has 2 saturated carbocycles. The second kappa shape index (κ2) is 10.6. The summed E-state index contributed by atoms with van der Waals surface area (Å²) in [7, 11) is 0. The van der Waals surface area contributed by atoms with Gasteiger partial charge in [0, 0.05) is 23.9 Å². The number of nitrogens with two attached hydrogens (primary N) is 1. The van der Waals surface area contributed by atoms with E-state index in [0.717, 1.165) is 22.3 Å². The Morgan fingerprint density at radius 2 is 1.83 bits per heavy atom. The first-order chi connectivity index (χ1) is 22.1. The van der Waals surface area contributed by atoms with Gasteiger partial charge in [0.05, 0.1) is 28.5 Å². The lowest BCUT2D eigenvalue weighted by Crippen LogP contribution is -2.50. The molecule has 2 fully saturated rings. The first-order valence-electron chi connectivity index (χ1n) is 14.9. The number of hydrogen-bond donors (Lipinski definition) is 1. The number of fused-ring (bicyclic) bond motifs is 2. The molecule has 4 heterocycles. The van der Waals surface area contributed by atoms with Crippen molar-refractivity contribution in [1.29, 1.82) is 0 Å². The van der Waals surface area contributed by atoms with Crippen LogP contribution in [-0.2, 0) is 23.3 Å². The summed E-state index contributed by atoms with van der Waals surface area (Å²) in [5.41, 5.74) is 3.86. The van der Waals surface area contributed by atoms with Crippen LogP contribution in [0.4, 0.5) is 27.6 Å². The number of carbonyl (C=O) groups is 2. The number of alkyl halides is 5. The van der Waals surface area contributed by atoms with E-state index in [4.69, 9.17) is 22.1 Å². The van der Waals surface area contributed by atoms with Gasteiger partial charge < -0.3 is 10.5 Å². The second-order valence-electron chi connectivity index (χ2n) is 12.5. The summed E-state index contributed by atoms with van der Waals surface area (Å²) >= 11 is 5.84. The van der Waals surface area contributed by atoms with Crippen molar-refractivity contribution in [2.24, 2.45) is 11.7 Å². The van der Waals surface area contributed by atoms with Crippen LogP contribution in [0.1, 0.15) is 73.1 Å². The highest BCUT2D eigenvalue weighted by Gasteiger charge is 2.66. The highest BCUT2D eigenvalue weighted by Crippen LogP contribution is 2.58. The van der Waals surface area contributed by atoms with Gasteiger partial charge in [0.25, 0.3) is 5.91 Å². The zero-order valence-corrected chi connectivity index (χ0v) is 25.8. The van der Waals surface area contributed by atoms with Crippen LogP contribution in [0.3, 0.4) is 0 Å². The fraction of sp³-hybridized carbons (Fsp3) is 0.419. The lowest BCUT2D eigenvalue weighted by Gasteiger charge is -2.33. The standard InChI is InChI=1S/C31H27ClF5N7O3/c1-14(2)26-42-24-22(23(25(38)45)18(9-15-3-4-15)41-27(24)44(26)29(7-8-29)31(35,36)37)16-5-6-19-20(10-16)47-30(33,34)28(46)43(19)13-21-39-11-17(32)12-40-21/h5-6,10-12,14-15H,3-4,7-9,13H2,1-2H3,(H2,38,45). The molecule has 246 valence electrons. The summed E-state index contributed by atoms with van der Waals surface area (Å²) in [5, 5.41) is 0.207. The molecule has 4 aromatic rings. The summed E-state index contributed by atoms with van der Waals surface area (Å²) in [4.78, 5) is 43.9. The number of benzene rings is 1. The van der Waals surface area contributed by atoms with Gasteiger partial charge >= 0.3 is 18.2 Å². The van der Waals surface area contributed by atoms with Gasteiger partial charge in [0.2, 0.25) is 0 Å². The molecule has 2 amide bonds. The molecule has 0 spiro atoms. The van der Waals surface area contributed by atoms with E-state index in [1.807, 2.05) is 0 Å². The van der Waals surface area contributed by atoms with Crippen molar-refractivity contribution in [1.82, 2.24) is 24.5 Å². The first kappa shape index (κ1) is 31.2. The summed E-state index contributed by atoms with van der Waals surface area (Å²) in [6, 6.07) is 3.98. The van der Waals surface area contributed by atoms with Gasteiger partial charge in [-0.1, -0.05) is 31.5 Å². The molecule has 1 aromatic carbocycles. The number of primary amides is 1. The number of anilines is 1. The predicted octanol–water partition coefficient (Wildman–Crippen LogP) is 6.29. The molecule has 1 aliphatic heterocycles. The number of aromatic nitrogens is 5. The fourth-order valence-corrected chi connectivity index (χ4v) is 6.24. The van der Waals surface area contributed by atoms with Gasteiger partial charge in [0.15, 0.2) is 11.4 Å². The van der Waals surface area contributed by atoms with Crippen molar-refractivity contribution in [2.45, 2.75) is 76.2 Å². The molecule has 47 heavy (non-hydrogen) atoms. The second-order valence-corrected chi connectivity index (χ2v) is 12.9. The van der Waals surface area contributed by atoms with Gasteiger partial charge in [-0.2, -0.15) is 22.0 Å². The van der Waals surface area contributed by atoms with Crippen molar-refractivity contribution in [3.8, 4) is 16.9 Å². The van der Waals surface area contributed by atoms with Crippen LogP contribution in [0.2, 0.25) is 5.02 Å². The lowest BCUT2D eigenvalue weighted by atomic mass is 9.94. The maximum Gasteiger partial charge on any atom is 0.482 e. The Morgan fingerprint density at radius 1 is 1.15 bits per heavy atom. The van der Waals surface area contributed by atoms with E-state index in [1.165, 1.54) is 30.6 Å². The molecule has 3 aromatic heterocycles. The van der Waals surface area contributed by atoms with Crippen molar-refractivity contribution >= 4 is 40.3 Å². The first-order valence-corrected chi connectivity index (χ1v) is 15.3. The molecule has 16 heteroatoms. The minimum atomic E-state index is -4.61. The van der Waals surface area contributed by atoms with Gasteiger partial charge in [-0.15, -0.1) is 0 Å². The molecule has 0 saturated heterocycles. The molecule has 2 N–H and O–H groups in total. The number of hydrogen-bond acceptors (Lipinski definition) is 7. The Balaban J connectivity index is 1.46. The topological polar surface area (TPSA) is 129 Å². The van der Waals surface area contributed by atoms with Gasteiger partial charge in [0.1, 0.15) is 22.7 Å². The van der Waals surface area contributed by atoms with E-state index in [2.05, 4.69) is 19.9 Å². The number of halogens is 6. The monoisotopic (exact) mass is 675 g/mol. The lowest BCUT2D eigenvalue weighted by molar-refractivity contribution is -0.193. The average molecular weight is 676 g/mol. The van der Waals surface area contributed by atoms with E-state index in [0.29, 0.717) is 0 Å². The van der Waals surface area contributed by atoms with Gasteiger partial charge in [-0.05, 0) is 55.7 Å². The van der Waals surface area contributed by atoms with Gasteiger partial charge in [-0.25, -0.2) is 19.9 Å². The minimum absolute atomic E-state index is 0.0254. The Bertz CT molecular complexity index is 1950. The third kappa shape index (κ3) is 5.15. The molecule has 0 radical (unpaired) electrons. The van der Waals surface area contributed by atoms with Crippen molar-refractivity contribution in [2.75, 3.05) is 4.90 Å². The summed E-state index contributed by atoms with van der Waals surface area (Å²) in [6.45, 7) is 2.96. The maximum absolute atomic E-state index is 15.0. The molecular weight excluding hydrogens is 649 g/mol. The largest absolute Gasteiger partial charge is 0.482 e. The molecule has 3 aliphatic rings. The number of carbonyl (C=O) groups excluding carboxylic acids is 2.